The van der Waals surface area contributed by atoms with Crippen LogP contribution in [0.3, 0.4) is 0 Å². The van der Waals surface area contributed by atoms with E-state index in [4.69, 9.17) is 9.47 Å². The van der Waals surface area contributed by atoms with Crippen LogP contribution in [0, 0.1) is 24.0 Å². The van der Waals surface area contributed by atoms with Gasteiger partial charge in [0.15, 0.2) is 0 Å². The minimum absolute atomic E-state index is 0.0879. The van der Waals surface area contributed by atoms with Gasteiger partial charge in [-0.3, -0.25) is 10.1 Å². The highest BCUT2D eigenvalue weighted by Crippen LogP contribution is 2.40. The Hall–Kier alpha value is -2.56. The normalized spacial score (nSPS) is 14.9. The summed E-state index contributed by atoms with van der Waals surface area (Å²) in [6, 6.07) is 9.01. The van der Waals surface area contributed by atoms with E-state index in [0.717, 1.165) is 22.6 Å². The first kappa shape index (κ1) is 18.2. The largest absolute Gasteiger partial charge is 0.496 e. The van der Waals surface area contributed by atoms with Crippen molar-refractivity contribution in [2.45, 2.75) is 51.9 Å². The van der Waals surface area contributed by atoms with E-state index < -0.39 is 0 Å². The van der Waals surface area contributed by atoms with Crippen LogP contribution in [-0.4, -0.2) is 12.0 Å². The van der Waals surface area contributed by atoms with Gasteiger partial charge in [0.2, 0.25) is 0 Å². The van der Waals surface area contributed by atoms with Gasteiger partial charge >= 0.3 is 0 Å². The summed E-state index contributed by atoms with van der Waals surface area (Å²) in [4.78, 5) is 10.6. The van der Waals surface area contributed by atoms with Gasteiger partial charge in [-0.25, -0.2) is 0 Å². The monoisotopic (exact) mass is 355 g/mol. The van der Waals surface area contributed by atoms with Crippen molar-refractivity contribution in [2.75, 3.05) is 7.11 Å². The number of rotatable bonds is 5. The molecule has 0 heterocycles. The molecule has 138 valence electrons. The predicted molar refractivity (Wildman–Crippen MR) is 101 cm³/mol. The van der Waals surface area contributed by atoms with Gasteiger partial charge in [0, 0.05) is 17.7 Å². The lowest BCUT2D eigenvalue weighted by atomic mass is 9.83. The average molecular weight is 355 g/mol. The number of nitrogens with zero attached hydrogens (tertiary/aromatic N) is 1. The summed E-state index contributed by atoms with van der Waals surface area (Å²) in [6.45, 7) is 3.67. The van der Waals surface area contributed by atoms with Gasteiger partial charge in [-0.2, -0.15) is 0 Å². The molecule has 5 heteroatoms. The number of benzene rings is 2. The quantitative estimate of drug-likeness (QED) is 0.483. The molecule has 5 nitrogen and oxygen atoms in total. The average Bonchev–Trinajstić information content (AvgIpc) is 2.65. The lowest BCUT2D eigenvalue weighted by molar-refractivity contribution is -0.385. The standard InChI is InChI=1S/C21H25NO4/c1-14-11-17(22(23)24)12-15(2)21(14)26-18-9-10-20(25-3)19(13-18)16-7-5-4-6-8-16/h9-13,16H,4-8H2,1-3H3. The molecule has 0 spiro atoms. The highest BCUT2D eigenvalue weighted by Gasteiger charge is 2.21. The zero-order chi connectivity index (χ0) is 18.7. The second-order valence-corrected chi connectivity index (χ2v) is 7.01. The number of hydrogen-bond acceptors (Lipinski definition) is 4. The Morgan fingerprint density at radius 3 is 2.27 bits per heavy atom. The fraction of sp³-hybridized carbons (Fsp3) is 0.429. The van der Waals surface area contributed by atoms with Gasteiger partial charge in [0.1, 0.15) is 17.2 Å². The molecule has 0 atom stereocenters. The fourth-order valence-electron chi connectivity index (χ4n) is 3.82. The third-order valence-corrected chi connectivity index (χ3v) is 5.12. The Morgan fingerprint density at radius 1 is 1.04 bits per heavy atom. The van der Waals surface area contributed by atoms with E-state index in [9.17, 15) is 10.1 Å². The van der Waals surface area contributed by atoms with Crippen LogP contribution in [0.1, 0.15) is 54.7 Å². The summed E-state index contributed by atoms with van der Waals surface area (Å²) < 4.78 is 11.7. The molecule has 2 aromatic rings. The summed E-state index contributed by atoms with van der Waals surface area (Å²) in [5.41, 5.74) is 2.80. The maximum Gasteiger partial charge on any atom is 0.270 e. The van der Waals surface area contributed by atoms with Crippen LogP contribution in [0.25, 0.3) is 0 Å². The lowest BCUT2D eigenvalue weighted by Gasteiger charge is -2.24. The number of methoxy groups -OCH3 is 1. The number of nitro benzene ring substituents is 1. The molecule has 2 aromatic carbocycles. The van der Waals surface area contributed by atoms with Crippen molar-refractivity contribution in [3.05, 3.63) is 57.1 Å². The van der Waals surface area contributed by atoms with E-state index in [1.807, 2.05) is 26.0 Å². The fourth-order valence-corrected chi connectivity index (χ4v) is 3.82. The molecule has 3 rings (SSSR count). The van der Waals surface area contributed by atoms with Crippen molar-refractivity contribution in [3.8, 4) is 17.2 Å². The topological polar surface area (TPSA) is 61.6 Å². The van der Waals surface area contributed by atoms with E-state index >= 15 is 0 Å². The van der Waals surface area contributed by atoms with Crippen LogP contribution in [0.2, 0.25) is 0 Å². The molecule has 1 fully saturated rings. The molecular weight excluding hydrogens is 330 g/mol. The van der Waals surface area contributed by atoms with Crippen molar-refractivity contribution in [1.82, 2.24) is 0 Å². The zero-order valence-corrected chi connectivity index (χ0v) is 15.6. The minimum Gasteiger partial charge on any atom is -0.496 e. The highest BCUT2D eigenvalue weighted by molar-refractivity contribution is 5.51. The zero-order valence-electron chi connectivity index (χ0n) is 15.6. The summed E-state index contributed by atoms with van der Waals surface area (Å²) in [5.74, 6) is 2.82. The molecule has 1 aliphatic carbocycles. The lowest BCUT2D eigenvalue weighted by Crippen LogP contribution is -2.06. The Kier molecular flexibility index (Phi) is 5.45. The maximum absolute atomic E-state index is 11.0. The Labute approximate surface area is 154 Å². The van der Waals surface area contributed by atoms with Crippen LogP contribution < -0.4 is 9.47 Å². The molecule has 26 heavy (non-hydrogen) atoms. The SMILES string of the molecule is COc1ccc(Oc2c(C)cc([N+](=O)[O-])cc2C)cc1C1CCCCC1. The van der Waals surface area contributed by atoms with E-state index in [0.29, 0.717) is 11.7 Å². The number of non-ortho nitro benzene ring substituents is 1. The molecule has 0 N–H and O–H groups in total. The van der Waals surface area contributed by atoms with Crippen molar-refractivity contribution >= 4 is 5.69 Å². The van der Waals surface area contributed by atoms with Crippen molar-refractivity contribution in [3.63, 3.8) is 0 Å². The first-order valence-electron chi connectivity index (χ1n) is 9.11. The summed E-state index contributed by atoms with van der Waals surface area (Å²) >= 11 is 0. The molecule has 0 saturated heterocycles. The van der Waals surface area contributed by atoms with Crippen LogP contribution in [-0.2, 0) is 0 Å². The van der Waals surface area contributed by atoms with Crippen molar-refractivity contribution in [1.29, 1.82) is 0 Å². The molecular formula is C21H25NO4. The van der Waals surface area contributed by atoms with Crippen molar-refractivity contribution in [2.24, 2.45) is 0 Å². The van der Waals surface area contributed by atoms with Crippen molar-refractivity contribution < 1.29 is 14.4 Å². The number of nitro groups is 1. The molecule has 0 unspecified atom stereocenters. The molecule has 0 radical (unpaired) electrons. The molecule has 1 aliphatic rings. The van der Waals surface area contributed by atoms with E-state index in [1.165, 1.54) is 37.7 Å². The van der Waals surface area contributed by atoms with E-state index in [-0.39, 0.29) is 10.6 Å². The third-order valence-electron chi connectivity index (χ3n) is 5.12. The van der Waals surface area contributed by atoms with Crippen LogP contribution in [0.4, 0.5) is 5.69 Å². The van der Waals surface area contributed by atoms with Crippen LogP contribution in [0.5, 0.6) is 17.2 Å². The second kappa shape index (κ2) is 7.77. The summed E-state index contributed by atoms with van der Waals surface area (Å²) in [7, 11) is 1.70. The van der Waals surface area contributed by atoms with E-state index in [2.05, 4.69) is 6.07 Å². The number of hydrogen-bond donors (Lipinski definition) is 0. The van der Waals surface area contributed by atoms with Gasteiger partial charge in [-0.15, -0.1) is 0 Å². The first-order valence-corrected chi connectivity index (χ1v) is 9.11. The summed E-state index contributed by atoms with van der Waals surface area (Å²) in [6.07, 6.45) is 6.15. The van der Waals surface area contributed by atoms with E-state index in [1.54, 1.807) is 19.2 Å². The minimum atomic E-state index is -0.377. The van der Waals surface area contributed by atoms with Gasteiger partial charge in [0.05, 0.1) is 12.0 Å². The Morgan fingerprint density at radius 2 is 1.69 bits per heavy atom. The molecule has 0 amide bonds. The smallest absolute Gasteiger partial charge is 0.270 e. The second-order valence-electron chi connectivity index (χ2n) is 7.01. The molecule has 1 saturated carbocycles. The Bertz CT molecular complexity index is 787. The van der Waals surface area contributed by atoms with Gasteiger partial charge in [-0.1, -0.05) is 19.3 Å². The molecule has 0 aromatic heterocycles. The Balaban J connectivity index is 1.92. The van der Waals surface area contributed by atoms with Gasteiger partial charge in [-0.05, 0) is 61.9 Å². The molecule has 0 bridgehead atoms. The van der Waals surface area contributed by atoms with Crippen LogP contribution >= 0.6 is 0 Å². The third kappa shape index (κ3) is 3.82. The van der Waals surface area contributed by atoms with Crippen LogP contribution in [0.15, 0.2) is 30.3 Å². The summed E-state index contributed by atoms with van der Waals surface area (Å²) in [5, 5.41) is 11.0. The first-order chi connectivity index (χ1) is 12.5. The van der Waals surface area contributed by atoms with Gasteiger partial charge < -0.3 is 9.47 Å². The molecule has 0 aliphatic heterocycles. The maximum atomic E-state index is 11.0. The highest BCUT2D eigenvalue weighted by atomic mass is 16.6. The predicted octanol–water partition coefficient (Wildman–Crippen LogP) is 6.06. The number of aryl methyl sites for hydroxylation is 2. The van der Waals surface area contributed by atoms with Gasteiger partial charge in [0.25, 0.3) is 5.69 Å². The number of ether oxygens (including phenoxy) is 2.